The molecule has 0 aliphatic rings. The summed E-state index contributed by atoms with van der Waals surface area (Å²) < 4.78 is 5.28. The molecule has 0 bridgehead atoms. The van der Waals surface area contributed by atoms with Gasteiger partial charge < -0.3 is 10.1 Å². The lowest BCUT2D eigenvalue weighted by atomic mass is 10.0. The van der Waals surface area contributed by atoms with Gasteiger partial charge in [0.05, 0.1) is 12.8 Å². The van der Waals surface area contributed by atoms with E-state index in [-0.39, 0.29) is 5.92 Å². The van der Waals surface area contributed by atoms with Crippen molar-refractivity contribution >= 4 is 5.82 Å². The molecular formula is C17H23N3O. The molecule has 4 nitrogen and oxygen atoms in total. The summed E-state index contributed by atoms with van der Waals surface area (Å²) in [7, 11) is 3.57. The van der Waals surface area contributed by atoms with Crippen LogP contribution in [-0.4, -0.2) is 24.1 Å². The minimum Gasteiger partial charge on any atom is -0.497 e. The molecule has 2 rings (SSSR count). The van der Waals surface area contributed by atoms with Crippen molar-refractivity contribution in [3.8, 4) is 17.0 Å². The van der Waals surface area contributed by atoms with Crippen LogP contribution in [0.3, 0.4) is 0 Å². The predicted molar refractivity (Wildman–Crippen MR) is 87.1 cm³/mol. The van der Waals surface area contributed by atoms with Gasteiger partial charge >= 0.3 is 0 Å². The summed E-state index contributed by atoms with van der Waals surface area (Å²) >= 11 is 0. The molecule has 4 heteroatoms. The summed E-state index contributed by atoms with van der Waals surface area (Å²) in [4.78, 5) is 9.37. The summed E-state index contributed by atoms with van der Waals surface area (Å²) in [6.45, 7) is 8.34. The SMILES string of the molecule is CNc1nc(C(C)C)nc(-c2ccc(OC)cc2C)c1C. The largest absolute Gasteiger partial charge is 0.497 e. The molecule has 1 heterocycles. The fourth-order valence-corrected chi connectivity index (χ4v) is 2.33. The summed E-state index contributed by atoms with van der Waals surface area (Å²) in [5, 5.41) is 3.17. The topological polar surface area (TPSA) is 47.0 Å². The highest BCUT2D eigenvalue weighted by Gasteiger charge is 2.15. The Labute approximate surface area is 126 Å². The summed E-state index contributed by atoms with van der Waals surface area (Å²) in [5.74, 6) is 2.89. The van der Waals surface area contributed by atoms with E-state index in [4.69, 9.17) is 9.72 Å². The number of anilines is 1. The second kappa shape index (κ2) is 6.12. The lowest BCUT2D eigenvalue weighted by Crippen LogP contribution is -2.07. The zero-order valence-corrected chi connectivity index (χ0v) is 13.6. The smallest absolute Gasteiger partial charge is 0.133 e. The number of nitrogens with zero attached hydrogens (tertiary/aromatic N) is 2. The van der Waals surface area contributed by atoms with Crippen LogP contribution in [0.25, 0.3) is 11.3 Å². The van der Waals surface area contributed by atoms with Gasteiger partial charge in [0.25, 0.3) is 0 Å². The average Bonchev–Trinajstić information content (AvgIpc) is 2.47. The van der Waals surface area contributed by atoms with Crippen molar-refractivity contribution in [1.29, 1.82) is 0 Å². The van der Waals surface area contributed by atoms with Gasteiger partial charge in [-0.3, -0.25) is 0 Å². The molecule has 0 fully saturated rings. The minimum atomic E-state index is 0.287. The first-order chi connectivity index (χ1) is 9.97. The van der Waals surface area contributed by atoms with E-state index in [1.54, 1.807) is 7.11 Å². The standard InChI is InChI=1S/C17H23N3O/c1-10(2)16-19-15(12(4)17(18-5)20-16)14-8-7-13(21-6)9-11(14)3/h7-10H,1-6H3,(H,18,19,20). The Bertz CT molecular complexity index is 651. The van der Waals surface area contributed by atoms with Crippen molar-refractivity contribution in [3.63, 3.8) is 0 Å². The zero-order valence-electron chi connectivity index (χ0n) is 13.6. The number of hydrogen-bond acceptors (Lipinski definition) is 4. The maximum atomic E-state index is 5.28. The van der Waals surface area contributed by atoms with E-state index >= 15 is 0 Å². The number of methoxy groups -OCH3 is 1. The number of benzene rings is 1. The van der Waals surface area contributed by atoms with Crippen LogP contribution in [0, 0.1) is 13.8 Å². The highest BCUT2D eigenvalue weighted by molar-refractivity contribution is 5.71. The van der Waals surface area contributed by atoms with Gasteiger partial charge in [0, 0.05) is 24.1 Å². The minimum absolute atomic E-state index is 0.287. The van der Waals surface area contributed by atoms with Crippen molar-refractivity contribution in [1.82, 2.24) is 9.97 Å². The molecule has 0 spiro atoms. The third-order valence-corrected chi connectivity index (χ3v) is 3.61. The third-order valence-electron chi connectivity index (χ3n) is 3.61. The highest BCUT2D eigenvalue weighted by Crippen LogP contribution is 2.31. The maximum absolute atomic E-state index is 5.28. The summed E-state index contributed by atoms with van der Waals surface area (Å²) in [5.41, 5.74) is 4.32. The number of aryl methyl sites for hydroxylation is 1. The fraction of sp³-hybridized carbons (Fsp3) is 0.412. The van der Waals surface area contributed by atoms with Crippen molar-refractivity contribution in [2.75, 3.05) is 19.5 Å². The molecule has 2 aromatic rings. The molecule has 0 aliphatic carbocycles. The number of ether oxygens (including phenoxy) is 1. The second-order valence-electron chi connectivity index (χ2n) is 5.49. The Hall–Kier alpha value is -2.10. The number of hydrogen-bond donors (Lipinski definition) is 1. The second-order valence-corrected chi connectivity index (χ2v) is 5.49. The third kappa shape index (κ3) is 2.99. The first-order valence-corrected chi connectivity index (χ1v) is 7.19. The van der Waals surface area contributed by atoms with E-state index in [1.165, 1.54) is 0 Å². The van der Waals surface area contributed by atoms with Crippen LogP contribution in [0.2, 0.25) is 0 Å². The first kappa shape index (κ1) is 15.3. The lowest BCUT2D eigenvalue weighted by molar-refractivity contribution is 0.414. The van der Waals surface area contributed by atoms with Gasteiger partial charge in [-0.2, -0.15) is 0 Å². The monoisotopic (exact) mass is 285 g/mol. The Morgan fingerprint density at radius 2 is 1.86 bits per heavy atom. The van der Waals surface area contributed by atoms with Crippen LogP contribution in [0.5, 0.6) is 5.75 Å². The molecule has 0 saturated carbocycles. The van der Waals surface area contributed by atoms with Gasteiger partial charge in [-0.25, -0.2) is 9.97 Å². The Morgan fingerprint density at radius 3 is 2.38 bits per heavy atom. The number of rotatable bonds is 4. The Kier molecular flexibility index (Phi) is 4.46. The molecule has 1 aromatic carbocycles. The van der Waals surface area contributed by atoms with Crippen molar-refractivity contribution < 1.29 is 4.74 Å². The molecule has 1 N–H and O–H groups in total. The van der Waals surface area contributed by atoms with E-state index in [2.05, 4.69) is 44.1 Å². The molecule has 0 atom stereocenters. The van der Waals surface area contributed by atoms with Crippen LogP contribution >= 0.6 is 0 Å². The number of nitrogens with one attached hydrogen (secondary N) is 1. The average molecular weight is 285 g/mol. The summed E-state index contributed by atoms with van der Waals surface area (Å²) in [6.07, 6.45) is 0. The van der Waals surface area contributed by atoms with Gasteiger partial charge in [0.2, 0.25) is 0 Å². The van der Waals surface area contributed by atoms with Crippen LogP contribution < -0.4 is 10.1 Å². The molecule has 0 amide bonds. The zero-order chi connectivity index (χ0) is 15.6. The normalized spacial score (nSPS) is 10.8. The van der Waals surface area contributed by atoms with Crippen LogP contribution in [0.15, 0.2) is 18.2 Å². The molecule has 0 unspecified atom stereocenters. The van der Waals surface area contributed by atoms with Gasteiger partial charge in [-0.1, -0.05) is 13.8 Å². The molecule has 112 valence electrons. The summed E-state index contributed by atoms with van der Waals surface area (Å²) in [6, 6.07) is 6.07. The lowest BCUT2D eigenvalue weighted by Gasteiger charge is -2.15. The van der Waals surface area contributed by atoms with Crippen LogP contribution in [0.1, 0.15) is 36.7 Å². The van der Waals surface area contributed by atoms with Crippen molar-refractivity contribution in [2.45, 2.75) is 33.6 Å². The first-order valence-electron chi connectivity index (χ1n) is 7.19. The quantitative estimate of drug-likeness (QED) is 0.924. The van der Waals surface area contributed by atoms with E-state index in [0.29, 0.717) is 0 Å². The van der Waals surface area contributed by atoms with Crippen LogP contribution in [-0.2, 0) is 0 Å². The van der Waals surface area contributed by atoms with Crippen molar-refractivity contribution in [3.05, 3.63) is 35.2 Å². The predicted octanol–water partition coefficient (Wildman–Crippen LogP) is 3.93. The van der Waals surface area contributed by atoms with Gasteiger partial charge in [0.15, 0.2) is 0 Å². The Morgan fingerprint density at radius 1 is 1.14 bits per heavy atom. The molecule has 0 radical (unpaired) electrons. The Balaban J connectivity index is 2.64. The highest BCUT2D eigenvalue weighted by atomic mass is 16.5. The van der Waals surface area contributed by atoms with E-state index in [0.717, 1.165) is 39.8 Å². The fourth-order valence-electron chi connectivity index (χ4n) is 2.33. The molecule has 0 aliphatic heterocycles. The molecule has 1 aromatic heterocycles. The van der Waals surface area contributed by atoms with E-state index < -0.39 is 0 Å². The van der Waals surface area contributed by atoms with Crippen LogP contribution in [0.4, 0.5) is 5.82 Å². The molecule has 21 heavy (non-hydrogen) atoms. The maximum Gasteiger partial charge on any atom is 0.133 e. The van der Waals surface area contributed by atoms with Crippen molar-refractivity contribution in [2.24, 2.45) is 0 Å². The van der Waals surface area contributed by atoms with Gasteiger partial charge in [-0.05, 0) is 37.6 Å². The van der Waals surface area contributed by atoms with Gasteiger partial charge in [0.1, 0.15) is 17.4 Å². The van der Waals surface area contributed by atoms with Gasteiger partial charge in [-0.15, -0.1) is 0 Å². The molecular weight excluding hydrogens is 262 g/mol. The van der Waals surface area contributed by atoms with E-state index in [9.17, 15) is 0 Å². The van der Waals surface area contributed by atoms with E-state index in [1.807, 2.05) is 19.2 Å². The number of aromatic nitrogens is 2. The molecule has 0 saturated heterocycles.